The largest absolute Gasteiger partial charge is 0.444 e. The molecule has 204 valence electrons. The van der Waals surface area contributed by atoms with E-state index in [-0.39, 0.29) is 23.8 Å². The molecule has 1 amide bonds. The SMILES string of the molecule is CC(C)(C)OC(=O)N1CCNCC1.COC(C1=CC2=CC=CNC2Cc2ccc(Cl)cc21)c1cncn1C. The molecule has 2 aromatic rings. The molecule has 0 spiro atoms. The number of hydrogen-bond donors (Lipinski definition) is 2. The van der Waals surface area contributed by atoms with Crippen molar-refractivity contribution in [3.05, 3.63) is 82.6 Å². The summed E-state index contributed by atoms with van der Waals surface area (Å²) in [6.45, 7) is 8.86. The lowest BCUT2D eigenvalue weighted by atomic mass is 9.94. The second kappa shape index (κ2) is 12.2. The van der Waals surface area contributed by atoms with Crippen LogP contribution in [0, 0.1) is 0 Å². The Labute approximate surface area is 230 Å². The van der Waals surface area contributed by atoms with Gasteiger partial charge in [0.05, 0.1) is 24.3 Å². The molecule has 2 atom stereocenters. The zero-order valence-electron chi connectivity index (χ0n) is 22.8. The summed E-state index contributed by atoms with van der Waals surface area (Å²) >= 11 is 6.32. The highest BCUT2D eigenvalue weighted by molar-refractivity contribution is 6.30. The summed E-state index contributed by atoms with van der Waals surface area (Å²) < 4.78 is 13.1. The molecule has 2 unspecified atom stereocenters. The molecular formula is C29H38ClN5O3. The van der Waals surface area contributed by atoms with Gasteiger partial charge in [0.2, 0.25) is 0 Å². The van der Waals surface area contributed by atoms with Crippen LogP contribution in [0.1, 0.15) is 43.7 Å². The van der Waals surface area contributed by atoms with Gasteiger partial charge in [-0.2, -0.15) is 0 Å². The second-order valence-corrected chi connectivity index (χ2v) is 11.0. The number of carbonyl (C=O) groups excluding carboxylic acids is 1. The minimum atomic E-state index is -0.387. The number of nitrogens with one attached hydrogen (secondary N) is 2. The Hall–Kier alpha value is -3.07. The predicted molar refractivity (Wildman–Crippen MR) is 151 cm³/mol. The summed E-state index contributed by atoms with van der Waals surface area (Å²) in [6.07, 6.45) is 12.6. The van der Waals surface area contributed by atoms with Crippen molar-refractivity contribution in [2.24, 2.45) is 7.05 Å². The summed E-state index contributed by atoms with van der Waals surface area (Å²) in [5.41, 5.74) is 5.37. The molecule has 0 radical (unpaired) electrons. The second-order valence-electron chi connectivity index (χ2n) is 10.6. The van der Waals surface area contributed by atoms with Crippen molar-refractivity contribution in [1.29, 1.82) is 0 Å². The fourth-order valence-electron chi connectivity index (χ4n) is 4.76. The molecule has 1 fully saturated rings. The van der Waals surface area contributed by atoms with E-state index in [0.717, 1.165) is 54.5 Å². The number of benzene rings is 1. The van der Waals surface area contributed by atoms with Gasteiger partial charge in [0, 0.05) is 45.4 Å². The van der Waals surface area contributed by atoms with Gasteiger partial charge >= 0.3 is 6.09 Å². The van der Waals surface area contributed by atoms with Crippen LogP contribution in [-0.4, -0.2) is 65.5 Å². The zero-order valence-corrected chi connectivity index (χ0v) is 23.6. The molecule has 2 aliphatic heterocycles. The molecule has 1 aromatic carbocycles. The number of nitrogens with zero attached hydrogens (tertiary/aromatic N) is 3. The van der Waals surface area contributed by atoms with E-state index in [9.17, 15) is 4.79 Å². The quantitative estimate of drug-likeness (QED) is 0.591. The Balaban J connectivity index is 0.000000219. The maximum Gasteiger partial charge on any atom is 0.410 e. The molecule has 0 bridgehead atoms. The van der Waals surface area contributed by atoms with Crippen molar-refractivity contribution in [1.82, 2.24) is 25.1 Å². The summed E-state index contributed by atoms with van der Waals surface area (Å²) in [4.78, 5) is 17.5. The van der Waals surface area contributed by atoms with Gasteiger partial charge in [-0.05, 0) is 73.9 Å². The number of amides is 1. The van der Waals surface area contributed by atoms with Crippen molar-refractivity contribution in [2.75, 3.05) is 33.3 Å². The van der Waals surface area contributed by atoms with E-state index in [2.05, 4.69) is 33.8 Å². The number of aromatic nitrogens is 2. The minimum Gasteiger partial charge on any atom is -0.444 e. The van der Waals surface area contributed by atoms with Gasteiger partial charge in [-0.15, -0.1) is 0 Å². The van der Waals surface area contributed by atoms with E-state index in [0.29, 0.717) is 0 Å². The number of halogens is 1. The van der Waals surface area contributed by atoms with Crippen LogP contribution < -0.4 is 10.6 Å². The number of carbonyl (C=O) groups is 1. The monoisotopic (exact) mass is 539 g/mol. The lowest BCUT2D eigenvalue weighted by Gasteiger charge is -2.30. The molecule has 9 heteroatoms. The molecule has 1 saturated heterocycles. The van der Waals surface area contributed by atoms with Gasteiger partial charge in [-0.1, -0.05) is 29.8 Å². The van der Waals surface area contributed by atoms with Gasteiger partial charge in [0.15, 0.2) is 0 Å². The van der Waals surface area contributed by atoms with E-state index >= 15 is 0 Å². The Morgan fingerprint density at radius 3 is 2.66 bits per heavy atom. The van der Waals surface area contributed by atoms with Gasteiger partial charge in [-0.3, -0.25) is 0 Å². The van der Waals surface area contributed by atoms with E-state index in [4.69, 9.17) is 21.1 Å². The third-order valence-electron chi connectivity index (χ3n) is 6.62. The molecule has 1 aromatic heterocycles. The van der Waals surface area contributed by atoms with Crippen LogP contribution in [-0.2, 0) is 22.9 Å². The Bertz CT molecular complexity index is 1220. The van der Waals surface area contributed by atoms with Crippen LogP contribution in [0.15, 0.2) is 60.7 Å². The first-order valence-corrected chi connectivity index (χ1v) is 13.3. The van der Waals surface area contributed by atoms with Crippen LogP contribution in [0.3, 0.4) is 0 Å². The number of imidazole rings is 1. The van der Waals surface area contributed by atoms with Gasteiger partial charge in [0.1, 0.15) is 11.7 Å². The standard InChI is InChI=1S/C20H20ClN3O.C9H18N2O2/c1-24-12-22-11-19(24)20(25-2)17-8-14-4-3-7-23-18(14)9-13-5-6-15(21)10-16(13)17;1-9(2,3)13-8(12)11-6-4-10-5-7-11/h3-8,10-12,18,20,23H,9H2,1-2H3;10H,4-7H2,1-3H3. The maximum atomic E-state index is 11.5. The summed E-state index contributed by atoms with van der Waals surface area (Å²) in [7, 11) is 3.72. The number of ether oxygens (including phenoxy) is 2. The number of allylic oxidation sites excluding steroid dienone is 2. The van der Waals surface area contributed by atoms with Crippen molar-refractivity contribution in [3.8, 4) is 0 Å². The van der Waals surface area contributed by atoms with Gasteiger partial charge in [-0.25, -0.2) is 9.78 Å². The van der Waals surface area contributed by atoms with Crippen LogP contribution in [0.25, 0.3) is 5.57 Å². The predicted octanol–water partition coefficient (Wildman–Crippen LogP) is 4.64. The molecule has 0 saturated carbocycles. The number of aryl methyl sites for hydroxylation is 1. The van der Waals surface area contributed by atoms with E-state index in [1.165, 1.54) is 11.1 Å². The first-order chi connectivity index (χ1) is 18.2. The molecule has 5 rings (SSSR count). The van der Waals surface area contributed by atoms with E-state index in [1.54, 1.807) is 18.3 Å². The summed E-state index contributed by atoms with van der Waals surface area (Å²) in [5.74, 6) is 0. The Morgan fingerprint density at radius 2 is 2.00 bits per heavy atom. The van der Waals surface area contributed by atoms with Crippen LogP contribution >= 0.6 is 11.6 Å². The van der Waals surface area contributed by atoms with Gasteiger partial charge in [0.25, 0.3) is 0 Å². The highest BCUT2D eigenvalue weighted by Gasteiger charge is 2.28. The Kier molecular flexibility index (Phi) is 8.97. The highest BCUT2D eigenvalue weighted by Crippen LogP contribution is 2.39. The lowest BCUT2D eigenvalue weighted by molar-refractivity contribution is 0.0229. The van der Waals surface area contributed by atoms with Crippen LogP contribution in [0.5, 0.6) is 0 Å². The number of rotatable bonds is 3. The average molecular weight is 540 g/mol. The number of hydrogen-bond acceptors (Lipinski definition) is 6. The number of fused-ring (bicyclic) bond motifs is 2. The number of methoxy groups -OCH3 is 1. The lowest BCUT2D eigenvalue weighted by Crippen LogP contribution is -2.48. The van der Waals surface area contributed by atoms with Crippen molar-refractivity contribution in [3.63, 3.8) is 0 Å². The van der Waals surface area contributed by atoms with Crippen molar-refractivity contribution >= 4 is 23.3 Å². The summed E-state index contributed by atoms with van der Waals surface area (Å²) in [5, 5.41) is 7.37. The minimum absolute atomic E-state index is 0.200. The number of piperazine rings is 1. The van der Waals surface area contributed by atoms with Gasteiger partial charge < -0.3 is 29.6 Å². The first kappa shape index (κ1) is 28.0. The topological polar surface area (TPSA) is 80.7 Å². The molecule has 2 N–H and O–H groups in total. The number of dihydropyridines is 1. The smallest absolute Gasteiger partial charge is 0.410 e. The van der Waals surface area contributed by atoms with Crippen molar-refractivity contribution < 1.29 is 14.3 Å². The Morgan fingerprint density at radius 1 is 1.24 bits per heavy atom. The highest BCUT2D eigenvalue weighted by atomic mass is 35.5. The molecule has 3 aliphatic rings. The zero-order chi connectivity index (χ0) is 27.3. The van der Waals surface area contributed by atoms with E-state index in [1.807, 2.05) is 63.0 Å². The molecule has 1 aliphatic carbocycles. The van der Waals surface area contributed by atoms with E-state index < -0.39 is 0 Å². The first-order valence-electron chi connectivity index (χ1n) is 13.0. The molecule has 38 heavy (non-hydrogen) atoms. The fourth-order valence-corrected chi connectivity index (χ4v) is 4.93. The fraction of sp³-hybridized carbons (Fsp3) is 0.448. The maximum absolute atomic E-state index is 11.5. The molecule has 8 nitrogen and oxygen atoms in total. The van der Waals surface area contributed by atoms with Crippen molar-refractivity contribution in [2.45, 2.75) is 44.9 Å². The molecule has 3 heterocycles. The third-order valence-corrected chi connectivity index (χ3v) is 6.86. The average Bonchev–Trinajstić information content (AvgIpc) is 3.23. The van der Waals surface area contributed by atoms with Crippen LogP contribution in [0.2, 0.25) is 5.02 Å². The summed E-state index contributed by atoms with van der Waals surface area (Å²) in [6, 6.07) is 6.37. The van der Waals surface area contributed by atoms with Crippen LogP contribution in [0.4, 0.5) is 4.79 Å². The normalized spacial score (nSPS) is 19.4. The third kappa shape index (κ3) is 6.87. The molecular weight excluding hydrogens is 502 g/mol.